The van der Waals surface area contributed by atoms with Gasteiger partial charge in [0.25, 0.3) is 5.91 Å². The third kappa shape index (κ3) is 3.31. The molecule has 1 aromatic rings. The van der Waals surface area contributed by atoms with Gasteiger partial charge in [0.15, 0.2) is 0 Å². The lowest BCUT2D eigenvalue weighted by Crippen LogP contribution is -2.50. The summed E-state index contributed by atoms with van der Waals surface area (Å²) >= 11 is 0. The number of carbonyl (C=O) groups excluding carboxylic acids is 1. The molecule has 5 nitrogen and oxygen atoms in total. The van der Waals surface area contributed by atoms with Crippen LogP contribution in [-0.4, -0.2) is 54.8 Å². The summed E-state index contributed by atoms with van der Waals surface area (Å²) in [6.45, 7) is 3.08. The summed E-state index contributed by atoms with van der Waals surface area (Å²) in [4.78, 5) is 18.6. The second-order valence-electron chi connectivity index (χ2n) is 6.42. The van der Waals surface area contributed by atoms with Crippen molar-refractivity contribution in [2.75, 3.05) is 33.4 Å². The smallest absolute Gasteiger partial charge is 0.255 e. The lowest BCUT2D eigenvalue weighted by molar-refractivity contribution is -0.0450. The topological polar surface area (TPSA) is 51.7 Å². The summed E-state index contributed by atoms with van der Waals surface area (Å²) in [5.74, 6) is 0.615. The molecule has 0 aromatic carbocycles. The molecule has 2 unspecified atom stereocenters. The Morgan fingerprint density at radius 1 is 1.59 bits per heavy atom. The van der Waals surface area contributed by atoms with E-state index >= 15 is 0 Å². The van der Waals surface area contributed by atoms with Gasteiger partial charge in [-0.1, -0.05) is 0 Å². The van der Waals surface area contributed by atoms with Crippen molar-refractivity contribution in [3.05, 3.63) is 30.1 Å². The van der Waals surface area contributed by atoms with E-state index in [0.29, 0.717) is 18.0 Å². The Bertz CT molecular complexity index is 508. The Hall–Kier alpha value is -1.46. The summed E-state index contributed by atoms with van der Waals surface area (Å²) in [7, 11) is 1.74. The van der Waals surface area contributed by atoms with Crippen molar-refractivity contribution in [3.63, 3.8) is 0 Å². The Morgan fingerprint density at radius 3 is 3.27 bits per heavy atom. The van der Waals surface area contributed by atoms with Gasteiger partial charge in [-0.05, 0) is 43.7 Å². The zero-order valence-corrected chi connectivity index (χ0v) is 13.2. The second kappa shape index (κ2) is 6.75. The van der Waals surface area contributed by atoms with E-state index < -0.39 is 0 Å². The quantitative estimate of drug-likeness (QED) is 0.855. The molecule has 2 aliphatic rings. The Balaban J connectivity index is 1.64. The number of carbonyl (C=O) groups is 1. The van der Waals surface area contributed by atoms with Crippen LogP contribution in [0.3, 0.4) is 0 Å². The van der Waals surface area contributed by atoms with E-state index in [-0.39, 0.29) is 11.5 Å². The number of nitrogens with zero attached hydrogens (tertiary/aromatic N) is 2. The third-order valence-corrected chi connectivity index (χ3v) is 4.75. The van der Waals surface area contributed by atoms with Crippen LogP contribution in [0.15, 0.2) is 24.5 Å². The van der Waals surface area contributed by atoms with Crippen LogP contribution in [0.25, 0.3) is 0 Å². The van der Waals surface area contributed by atoms with Crippen LogP contribution in [-0.2, 0) is 9.47 Å². The number of ether oxygens (including phenoxy) is 2. The van der Waals surface area contributed by atoms with Gasteiger partial charge in [0, 0.05) is 39.2 Å². The highest BCUT2D eigenvalue weighted by atomic mass is 16.5. The van der Waals surface area contributed by atoms with E-state index in [4.69, 9.17) is 9.47 Å². The maximum atomic E-state index is 12.6. The Labute approximate surface area is 131 Å². The molecule has 1 amide bonds. The lowest BCUT2D eigenvalue weighted by atomic mass is 9.85. The molecule has 5 heteroatoms. The molecule has 2 aliphatic heterocycles. The van der Waals surface area contributed by atoms with Crippen molar-refractivity contribution in [3.8, 4) is 0 Å². The highest BCUT2D eigenvalue weighted by Crippen LogP contribution is 2.38. The molecule has 1 aromatic heterocycles. The van der Waals surface area contributed by atoms with Crippen molar-refractivity contribution in [1.82, 2.24) is 9.88 Å². The fourth-order valence-electron chi connectivity index (χ4n) is 3.64. The zero-order chi connectivity index (χ0) is 15.4. The molecule has 3 rings (SSSR count). The van der Waals surface area contributed by atoms with Crippen LogP contribution in [0.4, 0.5) is 0 Å². The molecule has 0 aliphatic carbocycles. The molecule has 1 spiro atoms. The number of hydrogen-bond donors (Lipinski definition) is 0. The Morgan fingerprint density at radius 2 is 2.50 bits per heavy atom. The lowest BCUT2D eigenvalue weighted by Gasteiger charge is -2.39. The van der Waals surface area contributed by atoms with Crippen LogP contribution < -0.4 is 0 Å². The largest absolute Gasteiger partial charge is 0.385 e. The molecular formula is C17H24N2O3. The molecule has 0 saturated carbocycles. The molecule has 3 heterocycles. The fourth-order valence-corrected chi connectivity index (χ4v) is 3.64. The standard InChI is InChI=1S/C17H24N2O3/c1-21-9-5-14-10-17(22-12-14)6-3-8-19(13-17)16(20)15-4-2-7-18-11-15/h2,4,7,11,14H,3,5-6,8-10,12-13H2,1H3. The van der Waals surface area contributed by atoms with E-state index in [1.165, 1.54) is 0 Å². The third-order valence-electron chi connectivity index (χ3n) is 4.75. The van der Waals surface area contributed by atoms with Gasteiger partial charge >= 0.3 is 0 Å². The van der Waals surface area contributed by atoms with Crippen molar-refractivity contribution >= 4 is 5.91 Å². The van der Waals surface area contributed by atoms with Gasteiger partial charge in [-0.15, -0.1) is 0 Å². The van der Waals surface area contributed by atoms with Gasteiger partial charge in [0.2, 0.25) is 0 Å². The van der Waals surface area contributed by atoms with Crippen molar-refractivity contribution < 1.29 is 14.3 Å². The fraction of sp³-hybridized carbons (Fsp3) is 0.647. The minimum Gasteiger partial charge on any atom is -0.385 e. The average molecular weight is 304 g/mol. The summed E-state index contributed by atoms with van der Waals surface area (Å²) in [5, 5.41) is 0. The maximum Gasteiger partial charge on any atom is 0.255 e. The van der Waals surface area contributed by atoms with Crippen LogP contribution in [0, 0.1) is 5.92 Å². The van der Waals surface area contributed by atoms with E-state index in [1.807, 2.05) is 11.0 Å². The van der Waals surface area contributed by atoms with E-state index in [2.05, 4.69) is 4.98 Å². The molecule has 22 heavy (non-hydrogen) atoms. The van der Waals surface area contributed by atoms with Crippen molar-refractivity contribution in [2.24, 2.45) is 5.92 Å². The second-order valence-corrected chi connectivity index (χ2v) is 6.42. The summed E-state index contributed by atoms with van der Waals surface area (Å²) < 4.78 is 11.3. The zero-order valence-electron chi connectivity index (χ0n) is 13.2. The van der Waals surface area contributed by atoms with Gasteiger partial charge in [0.1, 0.15) is 0 Å². The van der Waals surface area contributed by atoms with Gasteiger partial charge < -0.3 is 14.4 Å². The number of piperidine rings is 1. The molecule has 120 valence electrons. The first-order valence-electron chi connectivity index (χ1n) is 8.05. The van der Waals surface area contributed by atoms with Crippen LogP contribution >= 0.6 is 0 Å². The number of aromatic nitrogens is 1. The average Bonchev–Trinajstić information content (AvgIpc) is 2.95. The minimum absolute atomic E-state index is 0.0658. The van der Waals surface area contributed by atoms with E-state index in [0.717, 1.165) is 45.4 Å². The van der Waals surface area contributed by atoms with Gasteiger partial charge in [0.05, 0.1) is 17.8 Å². The highest BCUT2D eigenvalue weighted by Gasteiger charge is 2.44. The first kappa shape index (κ1) is 15.4. The van der Waals surface area contributed by atoms with Crippen molar-refractivity contribution in [2.45, 2.75) is 31.3 Å². The first-order chi connectivity index (χ1) is 10.7. The summed E-state index contributed by atoms with van der Waals surface area (Å²) in [6.07, 6.45) is 7.45. The number of hydrogen-bond acceptors (Lipinski definition) is 4. The van der Waals surface area contributed by atoms with Crippen LogP contribution in [0.2, 0.25) is 0 Å². The summed E-state index contributed by atoms with van der Waals surface area (Å²) in [5.41, 5.74) is 0.516. The number of pyridine rings is 1. The molecule has 2 fully saturated rings. The molecule has 2 saturated heterocycles. The SMILES string of the molecule is COCCC1COC2(CCCN(C(=O)c3cccnc3)C2)C1. The molecule has 0 bridgehead atoms. The van der Waals surface area contributed by atoms with Crippen LogP contribution in [0.5, 0.6) is 0 Å². The normalized spacial score (nSPS) is 28.2. The molecule has 0 N–H and O–H groups in total. The number of likely N-dealkylation sites (tertiary alicyclic amines) is 1. The maximum absolute atomic E-state index is 12.6. The highest BCUT2D eigenvalue weighted by molar-refractivity contribution is 5.94. The van der Waals surface area contributed by atoms with E-state index in [9.17, 15) is 4.79 Å². The predicted molar refractivity (Wildman–Crippen MR) is 82.7 cm³/mol. The number of methoxy groups -OCH3 is 1. The van der Waals surface area contributed by atoms with Crippen LogP contribution in [0.1, 0.15) is 36.0 Å². The van der Waals surface area contributed by atoms with E-state index in [1.54, 1.807) is 25.6 Å². The monoisotopic (exact) mass is 304 g/mol. The van der Waals surface area contributed by atoms with Crippen molar-refractivity contribution in [1.29, 1.82) is 0 Å². The molecular weight excluding hydrogens is 280 g/mol. The Kier molecular flexibility index (Phi) is 4.74. The number of rotatable bonds is 4. The molecule has 0 radical (unpaired) electrons. The first-order valence-corrected chi connectivity index (χ1v) is 8.05. The predicted octanol–water partition coefficient (Wildman–Crippen LogP) is 2.13. The van der Waals surface area contributed by atoms with Gasteiger partial charge in [-0.2, -0.15) is 0 Å². The van der Waals surface area contributed by atoms with Gasteiger partial charge in [-0.3, -0.25) is 9.78 Å². The van der Waals surface area contributed by atoms with Gasteiger partial charge in [-0.25, -0.2) is 0 Å². The number of amides is 1. The summed E-state index contributed by atoms with van der Waals surface area (Å²) in [6, 6.07) is 3.63. The molecule has 2 atom stereocenters. The minimum atomic E-state index is -0.144.